The van der Waals surface area contributed by atoms with Crippen LogP contribution >= 0.6 is 0 Å². The van der Waals surface area contributed by atoms with Gasteiger partial charge in [0.05, 0.1) is 33.2 Å². The maximum atomic E-state index is 12.7. The van der Waals surface area contributed by atoms with E-state index in [9.17, 15) is 24.0 Å². The summed E-state index contributed by atoms with van der Waals surface area (Å²) in [5.74, 6) is -2.71. The fourth-order valence-corrected chi connectivity index (χ4v) is 2.58. The van der Waals surface area contributed by atoms with E-state index >= 15 is 0 Å². The highest BCUT2D eigenvalue weighted by Crippen LogP contribution is 2.24. The molecule has 1 aliphatic heterocycles. The molecular formula is C18H30N4O7. The van der Waals surface area contributed by atoms with Crippen molar-refractivity contribution >= 4 is 29.7 Å². The zero-order chi connectivity index (χ0) is 22.6. The quantitative estimate of drug-likeness (QED) is 0.300. The summed E-state index contributed by atoms with van der Waals surface area (Å²) >= 11 is 0. The Labute approximate surface area is 169 Å². The third kappa shape index (κ3) is 6.14. The molecule has 0 spiro atoms. The molecule has 0 aromatic carbocycles. The van der Waals surface area contributed by atoms with Crippen LogP contribution in [0.15, 0.2) is 0 Å². The lowest BCUT2D eigenvalue weighted by Gasteiger charge is -2.32. The van der Waals surface area contributed by atoms with Gasteiger partial charge in [0.25, 0.3) is 0 Å². The Kier molecular flexibility index (Phi) is 7.73. The van der Waals surface area contributed by atoms with Gasteiger partial charge in [-0.3, -0.25) is 19.2 Å². The molecule has 0 aromatic heterocycles. The number of ether oxygens (including phenoxy) is 2. The number of carbonyl (C=O) groups is 5. The predicted molar refractivity (Wildman–Crippen MR) is 101 cm³/mol. The standard InChI is InChI=1S/C18H30N4O7/c1-17(2,20-13(24)10(19-5)8-12(23)28-6)15(26)21-18(3,4)16(27)22-9-11(22)14(25)29-7/h10-11,19H,8-9H2,1-7H3,(H,20,24)(H,21,26). The zero-order valence-corrected chi connectivity index (χ0v) is 17.9. The van der Waals surface area contributed by atoms with Crippen LogP contribution < -0.4 is 16.0 Å². The first-order chi connectivity index (χ1) is 13.3. The molecule has 0 bridgehead atoms. The Bertz CT molecular complexity index is 690. The summed E-state index contributed by atoms with van der Waals surface area (Å²) < 4.78 is 9.16. The van der Waals surface area contributed by atoms with Gasteiger partial charge in [-0.1, -0.05) is 0 Å². The van der Waals surface area contributed by atoms with E-state index < -0.39 is 52.8 Å². The molecule has 2 unspecified atom stereocenters. The number of rotatable bonds is 9. The van der Waals surface area contributed by atoms with Crippen molar-refractivity contribution in [3.8, 4) is 0 Å². The van der Waals surface area contributed by atoms with Crippen molar-refractivity contribution in [2.24, 2.45) is 0 Å². The average Bonchev–Trinajstić information content (AvgIpc) is 3.44. The van der Waals surface area contributed by atoms with Crippen molar-refractivity contribution in [3.05, 3.63) is 0 Å². The van der Waals surface area contributed by atoms with Crippen molar-refractivity contribution in [1.82, 2.24) is 20.9 Å². The molecule has 0 saturated carbocycles. The van der Waals surface area contributed by atoms with Gasteiger partial charge in [-0.15, -0.1) is 0 Å². The molecule has 0 aliphatic carbocycles. The first kappa shape index (κ1) is 24.3. The van der Waals surface area contributed by atoms with E-state index in [1.54, 1.807) is 0 Å². The van der Waals surface area contributed by atoms with Crippen LogP contribution in [0.2, 0.25) is 0 Å². The smallest absolute Gasteiger partial charge is 0.330 e. The minimum absolute atomic E-state index is 0.204. The fourth-order valence-electron chi connectivity index (χ4n) is 2.58. The van der Waals surface area contributed by atoms with Crippen molar-refractivity contribution in [1.29, 1.82) is 0 Å². The van der Waals surface area contributed by atoms with Gasteiger partial charge >= 0.3 is 11.9 Å². The second-order valence-electron chi connectivity index (χ2n) is 7.81. The first-order valence-electron chi connectivity index (χ1n) is 9.08. The van der Waals surface area contributed by atoms with Crippen LogP contribution in [0.3, 0.4) is 0 Å². The van der Waals surface area contributed by atoms with Crippen molar-refractivity contribution in [2.45, 2.75) is 57.3 Å². The molecule has 0 aromatic rings. The minimum Gasteiger partial charge on any atom is -0.469 e. The largest absolute Gasteiger partial charge is 0.469 e. The number of nitrogens with zero attached hydrogens (tertiary/aromatic N) is 1. The van der Waals surface area contributed by atoms with E-state index in [4.69, 9.17) is 0 Å². The highest BCUT2D eigenvalue weighted by molar-refractivity contribution is 5.99. The van der Waals surface area contributed by atoms with Gasteiger partial charge < -0.3 is 30.3 Å². The van der Waals surface area contributed by atoms with Gasteiger partial charge in [0, 0.05) is 0 Å². The second-order valence-corrected chi connectivity index (χ2v) is 7.81. The molecule has 11 nitrogen and oxygen atoms in total. The summed E-state index contributed by atoms with van der Waals surface area (Å²) in [7, 11) is 3.95. The molecule has 1 saturated heterocycles. The molecule has 0 radical (unpaired) electrons. The Morgan fingerprint density at radius 3 is 2.07 bits per heavy atom. The van der Waals surface area contributed by atoms with Crippen LogP contribution in [-0.4, -0.2) is 85.5 Å². The summed E-state index contributed by atoms with van der Waals surface area (Å²) in [6, 6.07) is -1.53. The Morgan fingerprint density at radius 1 is 1.00 bits per heavy atom. The lowest BCUT2D eigenvalue weighted by molar-refractivity contribution is -0.145. The Hall–Kier alpha value is -2.69. The van der Waals surface area contributed by atoms with Crippen LogP contribution in [0.1, 0.15) is 34.1 Å². The summed E-state index contributed by atoms with van der Waals surface area (Å²) in [5.41, 5.74) is -2.68. The molecule has 29 heavy (non-hydrogen) atoms. The molecule has 11 heteroatoms. The monoisotopic (exact) mass is 414 g/mol. The van der Waals surface area contributed by atoms with Crippen LogP contribution in [0.4, 0.5) is 0 Å². The summed E-state index contributed by atoms with van der Waals surface area (Å²) in [5, 5.41) is 7.85. The molecule has 164 valence electrons. The molecule has 3 N–H and O–H groups in total. The number of carbonyl (C=O) groups excluding carboxylic acids is 5. The summed E-state index contributed by atoms with van der Waals surface area (Å²) in [6.07, 6.45) is -0.204. The third-order valence-electron chi connectivity index (χ3n) is 4.57. The second kappa shape index (κ2) is 9.21. The minimum atomic E-state index is -1.37. The molecule has 1 heterocycles. The van der Waals surface area contributed by atoms with Crippen molar-refractivity contribution in [3.63, 3.8) is 0 Å². The molecular weight excluding hydrogens is 384 g/mol. The fraction of sp³-hybridized carbons (Fsp3) is 0.722. The predicted octanol–water partition coefficient (Wildman–Crippen LogP) is -1.69. The Morgan fingerprint density at radius 2 is 1.59 bits per heavy atom. The lowest BCUT2D eigenvalue weighted by Crippen LogP contribution is -2.63. The summed E-state index contributed by atoms with van der Waals surface area (Å²) in [6.45, 7) is 6.18. The first-order valence-corrected chi connectivity index (χ1v) is 9.08. The number of hydrogen-bond acceptors (Lipinski definition) is 8. The van der Waals surface area contributed by atoms with E-state index in [2.05, 4.69) is 25.4 Å². The van der Waals surface area contributed by atoms with Gasteiger partial charge in [0.2, 0.25) is 17.7 Å². The molecule has 3 amide bonds. The molecule has 1 rings (SSSR count). The molecule has 1 aliphatic rings. The van der Waals surface area contributed by atoms with Gasteiger partial charge in [-0.05, 0) is 34.7 Å². The number of esters is 2. The highest BCUT2D eigenvalue weighted by Gasteiger charge is 2.50. The zero-order valence-electron chi connectivity index (χ0n) is 17.9. The topological polar surface area (TPSA) is 143 Å². The van der Waals surface area contributed by atoms with Gasteiger partial charge in [0.1, 0.15) is 17.1 Å². The maximum Gasteiger partial charge on any atom is 0.330 e. The van der Waals surface area contributed by atoms with Crippen molar-refractivity contribution in [2.75, 3.05) is 27.8 Å². The normalized spacial score (nSPS) is 17.1. The van der Waals surface area contributed by atoms with Gasteiger partial charge in [-0.25, -0.2) is 4.79 Å². The van der Waals surface area contributed by atoms with E-state index in [0.29, 0.717) is 0 Å². The van der Waals surface area contributed by atoms with E-state index in [-0.39, 0.29) is 13.0 Å². The third-order valence-corrected chi connectivity index (χ3v) is 4.57. The lowest BCUT2D eigenvalue weighted by atomic mass is 9.98. The number of nitrogens with one attached hydrogen (secondary N) is 3. The highest BCUT2D eigenvalue weighted by atomic mass is 16.5. The number of methoxy groups -OCH3 is 2. The van der Waals surface area contributed by atoms with Gasteiger partial charge in [0.15, 0.2) is 0 Å². The van der Waals surface area contributed by atoms with Crippen LogP contribution in [0.25, 0.3) is 0 Å². The van der Waals surface area contributed by atoms with E-state index in [0.717, 1.165) is 0 Å². The van der Waals surface area contributed by atoms with Crippen LogP contribution in [0, 0.1) is 0 Å². The average molecular weight is 414 g/mol. The number of likely N-dealkylation sites (N-methyl/N-ethyl adjacent to an activating group) is 1. The van der Waals surface area contributed by atoms with Gasteiger partial charge in [-0.2, -0.15) is 0 Å². The summed E-state index contributed by atoms with van der Waals surface area (Å²) in [4.78, 5) is 62.0. The number of amides is 3. The van der Waals surface area contributed by atoms with E-state index in [1.165, 1.54) is 53.9 Å². The van der Waals surface area contributed by atoms with Crippen molar-refractivity contribution < 1.29 is 33.4 Å². The Balaban J connectivity index is 2.75. The number of hydrogen-bond donors (Lipinski definition) is 3. The maximum absolute atomic E-state index is 12.7. The SMILES string of the molecule is CNC(CC(=O)OC)C(=O)NC(C)(C)C(=O)NC(C)(C)C(=O)N1CC1C(=O)OC. The van der Waals surface area contributed by atoms with Crippen LogP contribution in [0.5, 0.6) is 0 Å². The molecule has 1 fully saturated rings. The van der Waals surface area contributed by atoms with E-state index in [1.807, 2.05) is 0 Å². The van der Waals surface area contributed by atoms with Crippen LogP contribution in [-0.2, 0) is 33.4 Å². The molecule has 2 atom stereocenters.